The molecule has 0 aromatic heterocycles. The first-order chi connectivity index (χ1) is 10.8. The molecule has 1 aliphatic carbocycles. The minimum atomic E-state index is 0.145. The first-order valence-corrected chi connectivity index (χ1v) is 8.75. The first kappa shape index (κ1) is 15.3. The summed E-state index contributed by atoms with van der Waals surface area (Å²) in [5.74, 6) is 0.681. The zero-order valence-corrected chi connectivity index (χ0v) is 13.6. The van der Waals surface area contributed by atoms with Crippen molar-refractivity contribution in [3.05, 3.63) is 29.8 Å². The molecule has 0 spiro atoms. The molecule has 1 aliphatic heterocycles. The predicted octanol–water partition coefficient (Wildman–Crippen LogP) is 4.20. The van der Waals surface area contributed by atoms with E-state index in [1.54, 1.807) is 0 Å². The predicted molar refractivity (Wildman–Crippen MR) is 91.7 cm³/mol. The van der Waals surface area contributed by atoms with Crippen molar-refractivity contribution >= 4 is 17.3 Å². The van der Waals surface area contributed by atoms with E-state index in [-0.39, 0.29) is 5.91 Å². The molecule has 1 heterocycles. The monoisotopic (exact) mass is 298 g/mol. The Labute approximate surface area is 133 Å². The molecule has 0 radical (unpaired) electrons. The first-order valence-electron chi connectivity index (χ1n) is 8.75. The highest BCUT2D eigenvalue weighted by atomic mass is 16.2. The number of rotatable bonds is 4. The van der Waals surface area contributed by atoms with Crippen LogP contribution in [0.15, 0.2) is 29.3 Å². The van der Waals surface area contributed by atoms with Crippen molar-refractivity contribution in [2.75, 3.05) is 18.0 Å². The fourth-order valence-corrected chi connectivity index (χ4v) is 3.67. The highest BCUT2D eigenvalue weighted by Crippen LogP contribution is 2.33. The lowest BCUT2D eigenvalue weighted by atomic mass is 9.83. The van der Waals surface area contributed by atoms with Gasteiger partial charge in [0.2, 0.25) is 5.91 Å². The van der Waals surface area contributed by atoms with Crippen LogP contribution in [0, 0.1) is 5.92 Å². The molecule has 0 atom stereocenters. The second-order valence-electron chi connectivity index (χ2n) is 6.45. The smallest absolute Gasteiger partial charge is 0.248 e. The van der Waals surface area contributed by atoms with Gasteiger partial charge in [0, 0.05) is 23.7 Å². The molecule has 2 aliphatic rings. The zero-order chi connectivity index (χ0) is 15.4. The number of hydrogen-bond donors (Lipinski definition) is 0. The van der Waals surface area contributed by atoms with E-state index in [0.717, 1.165) is 25.1 Å². The van der Waals surface area contributed by atoms with Crippen LogP contribution in [0.1, 0.15) is 57.4 Å². The maximum Gasteiger partial charge on any atom is 0.248 e. The van der Waals surface area contributed by atoms with Gasteiger partial charge in [0.25, 0.3) is 0 Å². The molecule has 0 N–H and O–H groups in total. The Bertz CT molecular complexity index is 558. The molecule has 0 saturated heterocycles. The number of para-hydroxylation sites is 1. The highest BCUT2D eigenvalue weighted by molar-refractivity contribution is 6.12. The SMILES string of the molecule is CCCCN1C(=O)CN=C(C2CCCCC2)c2ccccc21. The van der Waals surface area contributed by atoms with Gasteiger partial charge < -0.3 is 4.90 Å². The number of unbranched alkanes of at least 4 members (excludes halogenated alkanes) is 1. The fraction of sp³-hybridized carbons (Fsp3) is 0.579. The van der Waals surface area contributed by atoms with Crippen LogP contribution in [0.2, 0.25) is 0 Å². The van der Waals surface area contributed by atoms with Gasteiger partial charge in [-0.1, -0.05) is 50.8 Å². The molecule has 118 valence electrons. The summed E-state index contributed by atoms with van der Waals surface area (Å²) in [5.41, 5.74) is 3.45. The number of aliphatic imine (C=N–C) groups is 1. The normalized spacial score (nSPS) is 19.6. The number of carbonyl (C=O) groups excluding carboxylic acids is 1. The number of benzene rings is 1. The summed E-state index contributed by atoms with van der Waals surface area (Å²) in [6.07, 6.45) is 8.50. The van der Waals surface area contributed by atoms with Crippen LogP contribution in [0.4, 0.5) is 5.69 Å². The molecule has 3 heteroatoms. The largest absolute Gasteiger partial charge is 0.310 e. The number of hydrogen-bond acceptors (Lipinski definition) is 2. The molecule has 1 aromatic carbocycles. The van der Waals surface area contributed by atoms with E-state index >= 15 is 0 Å². The second kappa shape index (κ2) is 7.08. The van der Waals surface area contributed by atoms with Crippen molar-refractivity contribution in [1.29, 1.82) is 0 Å². The second-order valence-corrected chi connectivity index (χ2v) is 6.45. The molecule has 3 rings (SSSR count). The van der Waals surface area contributed by atoms with Gasteiger partial charge in [0.15, 0.2) is 0 Å². The number of nitrogens with zero attached hydrogens (tertiary/aromatic N) is 2. The van der Waals surface area contributed by atoms with Gasteiger partial charge in [-0.15, -0.1) is 0 Å². The number of carbonyl (C=O) groups is 1. The van der Waals surface area contributed by atoms with Gasteiger partial charge in [-0.2, -0.15) is 0 Å². The molecule has 22 heavy (non-hydrogen) atoms. The maximum atomic E-state index is 12.5. The number of amides is 1. The lowest BCUT2D eigenvalue weighted by molar-refractivity contribution is -0.117. The molecule has 0 bridgehead atoms. The summed E-state index contributed by atoms with van der Waals surface area (Å²) >= 11 is 0. The number of fused-ring (bicyclic) bond motifs is 1. The van der Waals surface area contributed by atoms with E-state index < -0.39 is 0 Å². The van der Waals surface area contributed by atoms with E-state index in [1.165, 1.54) is 43.4 Å². The summed E-state index contributed by atoms with van der Waals surface area (Å²) in [6.45, 7) is 3.28. The quantitative estimate of drug-likeness (QED) is 0.820. The van der Waals surface area contributed by atoms with Gasteiger partial charge in [0.1, 0.15) is 6.54 Å². The van der Waals surface area contributed by atoms with Crippen LogP contribution in [0.3, 0.4) is 0 Å². The lowest BCUT2D eigenvalue weighted by Gasteiger charge is -2.26. The van der Waals surface area contributed by atoms with Crippen molar-refractivity contribution < 1.29 is 4.79 Å². The molecule has 1 amide bonds. The van der Waals surface area contributed by atoms with E-state index in [9.17, 15) is 4.79 Å². The third kappa shape index (κ3) is 3.08. The van der Waals surface area contributed by atoms with Gasteiger partial charge in [-0.25, -0.2) is 0 Å². The average Bonchev–Trinajstić information content (AvgIpc) is 2.70. The van der Waals surface area contributed by atoms with Crippen LogP contribution in [-0.4, -0.2) is 24.7 Å². The van der Waals surface area contributed by atoms with Crippen molar-refractivity contribution in [2.24, 2.45) is 10.9 Å². The van der Waals surface area contributed by atoms with E-state index in [4.69, 9.17) is 4.99 Å². The van der Waals surface area contributed by atoms with Gasteiger partial charge in [-0.3, -0.25) is 9.79 Å². The van der Waals surface area contributed by atoms with Crippen molar-refractivity contribution in [3.8, 4) is 0 Å². The Kier molecular flexibility index (Phi) is 4.91. The highest BCUT2D eigenvalue weighted by Gasteiger charge is 2.28. The Morgan fingerprint density at radius 3 is 2.73 bits per heavy atom. The number of benzodiazepines with no additional fused rings is 1. The van der Waals surface area contributed by atoms with E-state index in [0.29, 0.717) is 12.5 Å². The van der Waals surface area contributed by atoms with Gasteiger partial charge >= 0.3 is 0 Å². The van der Waals surface area contributed by atoms with Crippen molar-refractivity contribution in [3.63, 3.8) is 0 Å². The van der Waals surface area contributed by atoms with Crippen LogP contribution in [-0.2, 0) is 4.79 Å². The third-order valence-corrected chi connectivity index (χ3v) is 4.88. The summed E-state index contributed by atoms with van der Waals surface area (Å²) in [7, 11) is 0. The van der Waals surface area contributed by atoms with Crippen molar-refractivity contribution in [2.45, 2.75) is 51.9 Å². The summed E-state index contributed by atoms with van der Waals surface area (Å²) in [4.78, 5) is 19.2. The minimum absolute atomic E-state index is 0.145. The summed E-state index contributed by atoms with van der Waals surface area (Å²) in [6, 6.07) is 8.35. The summed E-state index contributed by atoms with van der Waals surface area (Å²) < 4.78 is 0. The minimum Gasteiger partial charge on any atom is -0.310 e. The lowest BCUT2D eigenvalue weighted by Crippen LogP contribution is -2.33. The Morgan fingerprint density at radius 2 is 1.95 bits per heavy atom. The Hall–Kier alpha value is -1.64. The standard InChI is InChI=1S/C19H26N2O/c1-2-3-13-21-17-12-8-7-11-16(17)19(20-14-18(21)22)15-9-5-4-6-10-15/h7-8,11-12,15H,2-6,9-10,13-14H2,1H3. The topological polar surface area (TPSA) is 32.7 Å². The fourth-order valence-electron chi connectivity index (χ4n) is 3.67. The molecule has 1 fully saturated rings. The number of anilines is 1. The summed E-state index contributed by atoms with van der Waals surface area (Å²) in [5, 5.41) is 0. The zero-order valence-electron chi connectivity index (χ0n) is 13.6. The Morgan fingerprint density at radius 1 is 1.18 bits per heavy atom. The van der Waals surface area contributed by atoms with Crippen LogP contribution >= 0.6 is 0 Å². The third-order valence-electron chi connectivity index (χ3n) is 4.88. The molecule has 1 saturated carbocycles. The van der Waals surface area contributed by atoms with Gasteiger partial charge in [-0.05, 0) is 25.3 Å². The molecule has 0 unspecified atom stereocenters. The van der Waals surface area contributed by atoms with Crippen LogP contribution < -0.4 is 4.90 Å². The van der Waals surface area contributed by atoms with Crippen LogP contribution in [0.5, 0.6) is 0 Å². The van der Waals surface area contributed by atoms with Crippen molar-refractivity contribution in [1.82, 2.24) is 0 Å². The molecule has 1 aromatic rings. The molecular formula is C19H26N2O. The Balaban J connectivity index is 1.96. The van der Waals surface area contributed by atoms with Crippen LogP contribution in [0.25, 0.3) is 0 Å². The maximum absolute atomic E-state index is 12.5. The van der Waals surface area contributed by atoms with E-state index in [1.807, 2.05) is 11.0 Å². The molecule has 3 nitrogen and oxygen atoms in total. The van der Waals surface area contributed by atoms with Gasteiger partial charge in [0.05, 0.1) is 5.69 Å². The molecular weight excluding hydrogens is 272 g/mol. The average molecular weight is 298 g/mol. The van der Waals surface area contributed by atoms with E-state index in [2.05, 4.69) is 25.1 Å².